The van der Waals surface area contributed by atoms with E-state index in [0.29, 0.717) is 0 Å². The van der Waals surface area contributed by atoms with Crippen molar-refractivity contribution >= 4 is 5.97 Å². The van der Waals surface area contributed by atoms with Gasteiger partial charge in [0.15, 0.2) is 0 Å². The summed E-state index contributed by atoms with van der Waals surface area (Å²) >= 11 is 0. The number of carboxylic acids is 1. The van der Waals surface area contributed by atoms with Crippen LogP contribution in [0.4, 0.5) is 0 Å². The molecule has 0 bridgehead atoms. The first-order valence-electron chi connectivity index (χ1n) is 8.14. The molecule has 4 nitrogen and oxygen atoms in total. The van der Waals surface area contributed by atoms with Crippen molar-refractivity contribution in [1.29, 1.82) is 0 Å². The highest BCUT2D eigenvalue weighted by Crippen LogP contribution is 2.13. The van der Waals surface area contributed by atoms with Crippen molar-refractivity contribution in [2.24, 2.45) is 0 Å². The molecule has 0 fully saturated rings. The largest absolute Gasteiger partial charge is 0.481 e. The lowest BCUT2D eigenvalue weighted by molar-refractivity contribution is -0.137. The molecule has 0 aliphatic carbocycles. The second kappa shape index (κ2) is 13.4. The summed E-state index contributed by atoms with van der Waals surface area (Å²) in [6.07, 6.45) is 10.1. The van der Waals surface area contributed by atoms with Gasteiger partial charge in [0.1, 0.15) is 0 Å². The third kappa shape index (κ3) is 13.8. The minimum absolute atomic E-state index is 0.215. The summed E-state index contributed by atoms with van der Waals surface area (Å²) in [5, 5.41) is 27.7. The van der Waals surface area contributed by atoms with Gasteiger partial charge in [-0.05, 0) is 38.5 Å². The predicted octanol–water partition coefficient (Wildman–Crippen LogP) is 3.49. The molecule has 0 aliphatic heterocycles. The molecule has 0 aromatic heterocycles. The number of unbranched alkanes of at least 4 members (excludes halogenated alkanes) is 5. The van der Waals surface area contributed by atoms with Gasteiger partial charge in [0.2, 0.25) is 0 Å². The molecule has 0 aromatic rings. The summed E-state index contributed by atoms with van der Waals surface area (Å²) in [6.45, 7) is 1.97. The minimum atomic E-state index is -0.707. The lowest BCUT2D eigenvalue weighted by Gasteiger charge is -2.12. The average molecular weight is 288 g/mol. The smallest absolute Gasteiger partial charge is 0.303 e. The lowest BCUT2D eigenvalue weighted by Crippen LogP contribution is -2.09. The van der Waals surface area contributed by atoms with Gasteiger partial charge in [-0.3, -0.25) is 4.79 Å². The number of carboxylic acid groups (broad SMARTS) is 1. The lowest BCUT2D eigenvalue weighted by atomic mass is 10.0. The Kier molecular flexibility index (Phi) is 13.0. The van der Waals surface area contributed by atoms with E-state index in [2.05, 4.69) is 0 Å². The zero-order valence-electron chi connectivity index (χ0n) is 12.9. The van der Waals surface area contributed by atoms with Crippen molar-refractivity contribution in [3.63, 3.8) is 0 Å². The number of rotatable bonds is 14. The molecule has 0 aliphatic rings. The molecule has 2 atom stereocenters. The van der Waals surface area contributed by atoms with E-state index >= 15 is 0 Å². The fourth-order valence-electron chi connectivity index (χ4n) is 2.30. The number of carbonyl (C=O) groups is 1. The standard InChI is InChI=1S/C16H32O4/c1-2-14(17)11-9-12-15(18)10-7-5-3-4-6-8-13-16(19)20/h14-15,17-18H,2-13H2,1H3,(H,19,20). The molecule has 0 aromatic carbocycles. The van der Waals surface area contributed by atoms with Gasteiger partial charge < -0.3 is 15.3 Å². The Morgan fingerprint density at radius 2 is 1.30 bits per heavy atom. The number of hydrogen-bond donors (Lipinski definition) is 3. The summed E-state index contributed by atoms with van der Waals surface area (Å²) in [7, 11) is 0. The van der Waals surface area contributed by atoms with Crippen molar-refractivity contribution in [3.05, 3.63) is 0 Å². The summed E-state index contributed by atoms with van der Waals surface area (Å²) in [5.41, 5.74) is 0. The van der Waals surface area contributed by atoms with Crippen molar-refractivity contribution in [1.82, 2.24) is 0 Å². The number of aliphatic carboxylic acids is 1. The molecule has 120 valence electrons. The van der Waals surface area contributed by atoms with E-state index in [0.717, 1.165) is 70.6 Å². The molecule has 0 heterocycles. The maximum atomic E-state index is 10.3. The van der Waals surface area contributed by atoms with Gasteiger partial charge in [0.05, 0.1) is 12.2 Å². The maximum Gasteiger partial charge on any atom is 0.303 e. The fourth-order valence-corrected chi connectivity index (χ4v) is 2.30. The van der Waals surface area contributed by atoms with Crippen molar-refractivity contribution < 1.29 is 20.1 Å². The molecule has 2 unspecified atom stereocenters. The molecular weight excluding hydrogens is 256 g/mol. The van der Waals surface area contributed by atoms with E-state index in [4.69, 9.17) is 5.11 Å². The Morgan fingerprint density at radius 1 is 0.800 bits per heavy atom. The van der Waals surface area contributed by atoms with E-state index in [1.54, 1.807) is 0 Å². The minimum Gasteiger partial charge on any atom is -0.481 e. The highest BCUT2D eigenvalue weighted by atomic mass is 16.4. The predicted molar refractivity (Wildman–Crippen MR) is 80.7 cm³/mol. The molecule has 20 heavy (non-hydrogen) atoms. The van der Waals surface area contributed by atoms with E-state index in [1.165, 1.54) is 0 Å². The van der Waals surface area contributed by atoms with Crippen LogP contribution >= 0.6 is 0 Å². The Labute approximate surface area is 123 Å². The molecule has 0 spiro atoms. The molecule has 0 saturated heterocycles. The van der Waals surface area contributed by atoms with Crippen LogP contribution in [0.3, 0.4) is 0 Å². The van der Waals surface area contributed by atoms with Crippen LogP contribution in [-0.4, -0.2) is 33.5 Å². The van der Waals surface area contributed by atoms with Crippen LogP contribution in [0.25, 0.3) is 0 Å². The molecule has 3 N–H and O–H groups in total. The molecule has 0 amide bonds. The highest BCUT2D eigenvalue weighted by Gasteiger charge is 2.06. The SMILES string of the molecule is CCC(O)CCCC(O)CCCCCCCCC(=O)O. The van der Waals surface area contributed by atoms with E-state index < -0.39 is 5.97 Å². The number of hydrogen-bond acceptors (Lipinski definition) is 3. The van der Waals surface area contributed by atoms with Gasteiger partial charge in [-0.2, -0.15) is 0 Å². The van der Waals surface area contributed by atoms with Gasteiger partial charge in [-0.1, -0.05) is 39.0 Å². The summed E-state index contributed by atoms with van der Waals surface area (Å²) < 4.78 is 0. The Morgan fingerprint density at radius 3 is 1.90 bits per heavy atom. The van der Waals surface area contributed by atoms with Crippen molar-refractivity contribution in [3.8, 4) is 0 Å². The third-order valence-corrected chi connectivity index (χ3v) is 3.72. The van der Waals surface area contributed by atoms with Gasteiger partial charge >= 0.3 is 5.97 Å². The second-order valence-electron chi connectivity index (χ2n) is 5.70. The summed E-state index contributed by atoms with van der Waals surface area (Å²) in [4.78, 5) is 10.3. The van der Waals surface area contributed by atoms with Crippen LogP contribution < -0.4 is 0 Å². The average Bonchev–Trinajstić information content (AvgIpc) is 2.41. The Bertz CT molecular complexity index is 231. The monoisotopic (exact) mass is 288 g/mol. The molecule has 0 saturated carbocycles. The normalized spacial score (nSPS) is 14.2. The summed E-state index contributed by atoms with van der Waals surface area (Å²) in [5.74, 6) is -0.707. The van der Waals surface area contributed by atoms with Gasteiger partial charge in [-0.15, -0.1) is 0 Å². The maximum absolute atomic E-state index is 10.3. The van der Waals surface area contributed by atoms with Crippen LogP contribution in [0.2, 0.25) is 0 Å². The quantitative estimate of drug-likeness (QED) is 0.428. The van der Waals surface area contributed by atoms with Gasteiger partial charge in [0.25, 0.3) is 0 Å². The van der Waals surface area contributed by atoms with Crippen molar-refractivity contribution in [2.45, 2.75) is 96.2 Å². The van der Waals surface area contributed by atoms with E-state index in [-0.39, 0.29) is 18.6 Å². The zero-order chi connectivity index (χ0) is 15.2. The Balaban J connectivity index is 3.23. The number of aliphatic hydroxyl groups is 2. The highest BCUT2D eigenvalue weighted by molar-refractivity contribution is 5.66. The van der Waals surface area contributed by atoms with Gasteiger partial charge in [0, 0.05) is 6.42 Å². The van der Waals surface area contributed by atoms with E-state index in [9.17, 15) is 15.0 Å². The van der Waals surface area contributed by atoms with Gasteiger partial charge in [-0.25, -0.2) is 0 Å². The first-order valence-corrected chi connectivity index (χ1v) is 8.14. The first kappa shape index (κ1) is 19.4. The van der Waals surface area contributed by atoms with E-state index in [1.807, 2.05) is 6.92 Å². The van der Waals surface area contributed by atoms with Crippen LogP contribution in [0.5, 0.6) is 0 Å². The van der Waals surface area contributed by atoms with Crippen LogP contribution in [0.1, 0.15) is 84.0 Å². The fraction of sp³-hybridized carbons (Fsp3) is 0.938. The first-order chi connectivity index (χ1) is 9.56. The Hall–Kier alpha value is -0.610. The van der Waals surface area contributed by atoms with Crippen LogP contribution in [0.15, 0.2) is 0 Å². The molecule has 0 rings (SSSR count). The zero-order valence-corrected chi connectivity index (χ0v) is 12.9. The van der Waals surface area contributed by atoms with Crippen LogP contribution in [-0.2, 0) is 4.79 Å². The second-order valence-corrected chi connectivity index (χ2v) is 5.70. The topological polar surface area (TPSA) is 77.8 Å². The van der Waals surface area contributed by atoms with Crippen molar-refractivity contribution in [2.75, 3.05) is 0 Å². The summed E-state index contributed by atoms with van der Waals surface area (Å²) in [6, 6.07) is 0. The molecular formula is C16H32O4. The molecule has 0 radical (unpaired) electrons. The third-order valence-electron chi connectivity index (χ3n) is 3.72. The number of aliphatic hydroxyl groups excluding tert-OH is 2. The molecule has 4 heteroatoms. The van der Waals surface area contributed by atoms with Crippen LogP contribution in [0, 0.1) is 0 Å².